The van der Waals surface area contributed by atoms with Crippen molar-refractivity contribution in [2.24, 2.45) is 0 Å². The van der Waals surface area contributed by atoms with Crippen molar-refractivity contribution >= 4 is 23.1 Å². The van der Waals surface area contributed by atoms with Crippen molar-refractivity contribution in [2.45, 2.75) is 44.0 Å². The Balaban J connectivity index is 0.000000857. The van der Waals surface area contributed by atoms with Crippen molar-refractivity contribution in [1.29, 1.82) is 0 Å². The van der Waals surface area contributed by atoms with Gasteiger partial charge in [0, 0.05) is 0 Å². The molecule has 0 amide bonds. The summed E-state index contributed by atoms with van der Waals surface area (Å²) in [4.78, 5) is 0. The first-order valence-electron chi connectivity index (χ1n) is 13.4. The maximum absolute atomic E-state index is 13.5. The Morgan fingerprint density at radius 1 is 0.320 bits per heavy atom. The lowest BCUT2D eigenvalue weighted by molar-refractivity contribution is -0.144. The molecule has 50 heavy (non-hydrogen) atoms. The number of hydrogen-bond acceptors (Lipinski definition) is 0. The van der Waals surface area contributed by atoms with Gasteiger partial charge in [-0.2, -0.15) is 79.0 Å². The largest absolute Gasteiger partial charge is 0.416 e. The summed E-state index contributed by atoms with van der Waals surface area (Å²) >= 11 is 0. The summed E-state index contributed by atoms with van der Waals surface area (Å²) in [6, 6.07) is 7.31. The molecule has 0 unspecified atom stereocenters. The van der Waals surface area contributed by atoms with Crippen LogP contribution in [0.1, 0.15) is 38.9 Å². The predicted molar refractivity (Wildman–Crippen MR) is 145 cm³/mol. The minimum atomic E-state index is -5.67. The van der Waals surface area contributed by atoms with Crippen LogP contribution in [0.3, 0.4) is 0 Å². The van der Waals surface area contributed by atoms with Crippen molar-refractivity contribution in [3.8, 4) is 0 Å². The van der Waals surface area contributed by atoms with E-state index in [4.69, 9.17) is 0 Å². The average molecular weight is 742 g/mol. The maximum Gasteiger partial charge on any atom is 0.416 e. The predicted octanol–water partition coefficient (Wildman–Crippen LogP) is 10.3. The van der Waals surface area contributed by atoms with Gasteiger partial charge in [-0.25, -0.2) is 0 Å². The van der Waals surface area contributed by atoms with E-state index in [0.29, 0.717) is 0 Å². The average Bonchev–Trinajstić information content (AvgIpc) is 2.95. The highest BCUT2D eigenvalue weighted by Crippen LogP contribution is 2.38. The van der Waals surface area contributed by atoms with Gasteiger partial charge in [0.2, 0.25) is 6.71 Å². The second-order valence-corrected chi connectivity index (χ2v) is 10.6. The molecule has 0 aliphatic heterocycles. The molecular formula is C31H17BF18. The normalized spacial score (nSPS) is 13.1. The molecule has 0 N–H and O–H groups in total. The highest BCUT2D eigenvalue weighted by molar-refractivity contribution is 6.95. The van der Waals surface area contributed by atoms with Gasteiger partial charge in [0.1, 0.15) is 0 Å². The Bertz CT molecular complexity index is 1500. The molecule has 0 heterocycles. The van der Waals surface area contributed by atoms with Gasteiger partial charge >= 0.3 is 37.1 Å². The van der Waals surface area contributed by atoms with Crippen molar-refractivity contribution in [1.82, 2.24) is 0 Å². The zero-order valence-electron chi connectivity index (χ0n) is 24.5. The number of hydrogen-bond donors (Lipinski definition) is 0. The minimum absolute atomic E-state index is 0.235. The van der Waals surface area contributed by atoms with Gasteiger partial charge in [-0.05, 0) is 25.1 Å². The van der Waals surface area contributed by atoms with Gasteiger partial charge in [-0.1, -0.05) is 88.7 Å². The summed E-state index contributed by atoms with van der Waals surface area (Å²) in [6.45, 7) is -0.796. The second kappa shape index (κ2) is 13.8. The zero-order chi connectivity index (χ0) is 38.3. The van der Waals surface area contributed by atoms with Crippen LogP contribution in [-0.4, -0.2) is 6.71 Å². The van der Waals surface area contributed by atoms with Gasteiger partial charge in [0.15, 0.2) is 0 Å². The highest BCUT2D eigenvalue weighted by Gasteiger charge is 2.43. The molecule has 270 valence electrons. The highest BCUT2D eigenvalue weighted by atomic mass is 19.4. The molecule has 0 aliphatic rings. The topological polar surface area (TPSA) is 0 Å². The molecule has 19 heteroatoms. The van der Waals surface area contributed by atoms with E-state index in [2.05, 4.69) is 19.1 Å². The van der Waals surface area contributed by atoms with E-state index in [9.17, 15) is 79.0 Å². The van der Waals surface area contributed by atoms with Crippen LogP contribution >= 0.6 is 0 Å². The van der Waals surface area contributed by atoms with Gasteiger partial charge in [0.05, 0.1) is 33.4 Å². The van der Waals surface area contributed by atoms with Gasteiger partial charge in [-0.15, -0.1) is 0 Å². The van der Waals surface area contributed by atoms with Crippen molar-refractivity contribution in [2.75, 3.05) is 0 Å². The lowest BCUT2D eigenvalue weighted by Crippen LogP contribution is -2.53. The van der Waals surface area contributed by atoms with E-state index in [1.807, 2.05) is 18.2 Å². The van der Waals surface area contributed by atoms with Gasteiger partial charge in [-0.3, -0.25) is 0 Å². The van der Waals surface area contributed by atoms with Crippen molar-refractivity contribution < 1.29 is 79.0 Å². The lowest BCUT2D eigenvalue weighted by atomic mass is 9.36. The first-order chi connectivity index (χ1) is 22.5. The van der Waals surface area contributed by atoms with E-state index >= 15 is 0 Å². The molecule has 0 fully saturated rings. The second-order valence-electron chi connectivity index (χ2n) is 10.6. The third-order valence-corrected chi connectivity index (χ3v) is 6.77. The summed E-state index contributed by atoms with van der Waals surface area (Å²) in [5.41, 5.74) is -16.4. The van der Waals surface area contributed by atoms with E-state index < -0.39 is 112 Å². The number of aryl methyl sites for hydroxylation is 1. The molecule has 4 rings (SSSR count). The number of halogens is 18. The third kappa shape index (κ3) is 10.4. The van der Waals surface area contributed by atoms with Crippen molar-refractivity contribution in [3.05, 3.63) is 124 Å². The Hall–Kier alpha value is -4.32. The summed E-state index contributed by atoms with van der Waals surface area (Å²) in [7, 11) is 0. The van der Waals surface area contributed by atoms with E-state index in [0.717, 1.165) is 0 Å². The summed E-state index contributed by atoms with van der Waals surface area (Å²) in [5.74, 6) is 0. The molecular weight excluding hydrogens is 725 g/mol. The van der Waals surface area contributed by atoms with E-state index in [1.54, 1.807) is 0 Å². The first-order valence-corrected chi connectivity index (χ1v) is 13.4. The number of rotatable bonds is 3. The van der Waals surface area contributed by atoms with Crippen LogP contribution < -0.4 is 16.4 Å². The SMILES string of the molecule is Cc1ccccc1.FC(F)(F)c1cc(B(c2cc(C(F)(F)F)cc(C(F)(F)F)c2)c2cc(C(F)(F)F)cc(C(F)(F)F)c2)cc(C(F)(F)F)c1. The molecule has 4 aromatic carbocycles. The standard InChI is InChI=1S/C24H9BF18.C7H8/c26-19(27,28)10-1-11(20(29,30)31)5-16(4-10)25(17-6-12(21(32,33)34)2-13(7-17)22(35,36)37)18-8-14(23(38,39)40)3-15(9-18)24(41,42)43;1-7-5-3-2-4-6-7/h1-9H;2-6H,1H3. The molecule has 0 saturated heterocycles. The number of alkyl halides is 18. The van der Waals surface area contributed by atoms with Gasteiger partial charge < -0.3 is 0 Å². The smallest absolute Gasteiger partial charge is 0.166 e. The van der Waals surface area contributed by atoms with Crippen LogP contribution in [0.2, 0.25) is 0 Å². The molecule has 0 atom stereocenters. The van der Waals surface area contributed by atoms with Crippen LogP contribution in [0.25, 0.3) is 0 Å². The van der Waals surface area contributed by atoms with Crippen LogP contribution in [-0.2, 0) is 37.1 Å². The molecule has 0 aromatic heterocycles. The molecule has 0 nitrogen and oxygen atoms in total. The Morgan fingerprint density at radius 3 is 0.660 bits per heavy atom. The van der Waals surface area contributed by atoms with E-state index in [1.165, 1.54) is 5.56 Å². The maximum atomic E-state index is 13.5. The molecule has 0 aliphatic carbocycles. The van der Waals surface area contributed by atoms with Crippen LogP contribution in [0.15, 0.2) is 84.9 Å². The first kappa shape index (κ1) is 40.1. The fourth-order valence-electron chi connectivity index (χ4n) is 4.55. The zero-order valence-corrected chi connectivity index (χ0v) is 24.5. The van der Waals surface area contributed by atoms with E-state index in [-0.39, 0.29) is 36.4 Å². The summed E-state index contributed by atoms with van der Waals surface area (Å²) in [5, 5.41) is 0. The summed E-state index contributed by atoms with van der Waals surface area (Å²) < 4.78 is 243. The molecule has 0 bridgehead atoms. The summed E-state index contributed by atoms with van der Waals surface area (Å²) in [6.07, 6.45) is -34.0. The van der Waals surface area contributed by atoms with Crippen LogP contribution in [0.4, 0.5) is 79.0 Å². The Kier molecular flexibility index (Phi) is 11.1. The lowest BCUT2D eigenvalue weighted by Gasteiger charge is -2.23. The Morgan fingerprint density at radius 2 is 0.520 bits per heavy atom. The third-order valence-electron chi connectivity index (χ3n) is 6.77. The quantitative estimate of drug-likeness (QED) is 0.145. The fourth-order valence-corrected chi connectivity index (χ4v) is 4.55. The van der Waals surface area contributed by atoms with Gasteiger partial charge in [0.25, 0.3) is 0 Å². The van der Waals surface area contributed by atoms with Crippen LogP contribution in [0.5, 0.6) is 0 Å². The molecule has 4 aromatic rings. The number of benzene rings is 4. The monoisotopic (exact) mass is 742 g/mol. The van der Waals surface area contributed by atoms with Crippen molar-refractivity contribution in [3.63, 3.8) is 0 Å². The Labute approximate surface area is 270 Å². The minimum Gasteiger partial charge on any atom is -0.166 e. The molecule has 0 spiro atoms. The molecule has 0 saturated carbocycles. The fraction of sp³-hybridized carbons (Fsp3) is 0.226. The molecule has 0 radical (unpaired) electrons. The van der Waals surface area contributed by atoms with Crippen LogP contribution in [0, 0.1) is 6.92 Å².